The van der Waals surface area contributed by atoms with Gasteiger partial charge in [0, 0.05) is 10.8 Å². The molecule has 0 radical (unpaired) electrons. The Bertz CT molecular complexity index is 862. The Morgan fingerprint density at radius 2 is 0.909 bits per heavy atom. The van der Waals surface area contributed by atoms with Gasteiger partial charge in [0.15, 0.2) is 11.5 Å². The molecule has 6 N–H and O–H groups in total. The Hall–Kier alpha value is -3.28. The average Bonchev–Trinajstić information content (AvgIpc) is 2.98. The zero-order chi connectivity index (χ0) is 15.7. The summed E-state index contributed by atoms with van der Waals surface area (Å²) in [6.45, 7) is 0. The van der Waals surface area contributed by atoms with Crippen molar-refractivity contribution in [1.29, 1.82) is 0 Å². The SMILES string of the molecule is Oc1[nH]c2ccccc2c1O.Oc1[nH]c2ccccc2c1O. The molecule has 0 bridgehead atoms. The molecule has 2 aromatic carbocycles. The Morgan fingerprint density at radius 1 is 0.545 bits per heavy atom. The monoisotopic (exact) mass is 298 g/mol. The summed E-state index contributed by atoms with van der Waals surface area (Å²) in [6.07, 6.45) is 0. The van der Waals surface area contributed by atoms with Gasteiger partial charge in [-0.3, -0.25) is 0 Å². The van der Waals surface area contributed by atoms with E-state index in [0.717, 1.165) is 11.0 Å². The number of rotatable bonds is 0. The largest absolute Gasteiger partial charge is 0.503 e. The van der Waals surface area contributed by atoms with Crippen molar-refractivity contribution in [2.24, 2.45) is 0 Å². The Kier molecular flexibility index (Phi) is 3.27. The summed E-state index contributed by atoms with van der Waals surface area (Å²) >= 11 is 0. The maximum absolute atomic E-state index is 9.22. The van der Waals surface area contributed by atoms with Crippen LogP contribution < -0.4 is 0 Å². The van der Waals surface area contributed by atoms with Crippen LogP contribution in [0.3, 0.4) is 0 Å². The van der Waals surface area contributed by atoms with Crippen molar-refractivity contribution in [2.75, 3.05) is 0 Å². The lowest BCUT2D eigenvalue weighted by Gasteiger charge is -1.86. The molecule has 0 aliphatic rings. The molecule has 0 fully saturated rings. The molecule has 0 saturated heterocycles. The lowest BCUT2D eigenvalue weighted by Crippen LogP contribution is -1.63. The number of aromatic amines is 2. The van der Waals surface area contributed by atoms with Gasteiger partial charge in [-0.15, -0.1) is 0 Å². The summed E-state index contributed by atoms with van der Waals surface area (Å²) < 4.78 is 0. The van der Waals surface area contributed by atoms with Crippen LogP contribution in [0, 0.1) is 0 Å². The third-order valence-electron chi connectivity index (χ3n) is 3.32. The van der Waals surface area contributed by atoms with Gasteiger partial charge in [-0.2, -0.15) is 0 Å². The minimum Gasteiger partial charge on any atom is -0.503 e. The number of aromatic hydroxyl groups is 4. The number of benzene rings is 2. The topological polar surface area (TPSA) is 113 Å². The quantitative estimate of drug-likeness (QED) is 0.299. The first-order chi connectivity index (χ1) is 10.6. The Labute approximate surface area is 124 Å². The molecule has 6 nitrogen and oxygen atoms in total. The van der Waals surface area contributed by atoms with Gasteiger partial charge < -0.3 is 30.4 Å². The van der Waals surface area contributed by atoms with Crippen LogP contribution in [0.2, 0.25) is 0 Å². The van der Waals surface area contributed by atoms with Crippen molar-refractivity contribution in [3.63, 3.8) is 0 Å². The van der Waals surface area contributed by atoms with Crippen molar-refractivity contribution in [3.05, 3.63) is 48.5 Å². The fourth-order valence-corrected chi connectivity index (χ4v) is 2.23. The number of fused-ring (bicyclic) bond motifs is 2. The first-order valence-electron chi connectivity index (χ1n) is 6.55. The molecular weight excluding hydrogens is 284 g/mol. The third kappa shape index (κ3) is 2.26. The molecule has 4 aromatic rings. The van der Waals surface area contributed by atoms with E-state index in [1.54, 1.807) is 36.4 Å². The van der Waals surface area contributed by atoms with Gasteiger partial charge >= 0.3 is 0 Å². The summed E-state index contributed by atoms with van der Waals surface area (Å²) in [5, 5.41) is 37.8. The number of H-pyrrole nitrogens is 2. The Morgan fingerprint density at radius 3 is 1.27 bits per heavy atom. The second kappa shape index (κ2) is 5.25. The highest BCUT2D eigenvalue weighted by atomic mass is 16.3. The third-order valence-corrected chi connectivity index (χ3v) is 3.32. The molecule has 0 aliphatic heterocycles. The zero-order valence-corrected chi connectivity index (χ0v) is 11.4. The molecule has 4 rings (SSSR count). The molecule has 6 heteroatoms. The van der Waals surface area contributed by atoms with E-state index in [1.807, 2.05) is 12.1 Å². The van der Waals surface area contributed by atoms with Crippen LogP contribution in [-0.4, -0.2) is 30.4 Å². The predicted molar refractivity (Wildman–Crippen MR) is 83.3 cm³/mol. The molecule has 22 heavy (non-hydrogen) atoms. The zero-order valence-electron chi connectivity index (χ0n) is 11.4. The lowest BCUT2D eigenvalue weighted by molar-refractivity contribution is 0.398. The molecule has 0 spiro atoms. The molecule has 0 unspecified atom stereocenters. The van der Waals surface area contributed by atoms with Crippen LogP contribution in [0.1, 0.15) is 0 Å². The number of nitrogens with one attached hydrogen (secondary N) is 2. The maximum atomic E-state index is 9.22. The fourth-order valence-electron chi connectivity index (χ4n) is 2.23. The number of aromatic nitrogens is 2. The van der Waals surface area contributed by atoms with E-state index in [4.69, 9.17) is 10.2 Å². The highest BCUT2D eigenvalue weighted by Gasteiger charge is 2.07. The van der Waals surface area contributed by atoms with Gasteiger partial charge in [0.25, 0.3) is 0 Å². The second-order valence-corrected chi connectivity index (χ2v) is 4.74. The van der Waals surface area contributed by atoms with E-state index in [0.29, 0.717) is 10.8 Å². The van der Waals surface area contributed by atoms with Crippen LogP contribution in [0.5, 0.6) is 23.3 Å². The van der Waals surface area contributed by atoms with Crippen LogP contribution in [0.4, 0.5) is 0 Å². The van der Waals surface area contributed by atoms with E-state index in [1.165, 1.54) is 0 Å². The van der Waals surface area contributed by atoms with Crippen molar-refractivity contribution in [2.45, 2.75) is 0 Å². The summed E-state index contributed by atoms with van der Waals surface area (Å²) in [5.74, 6) is -0.515. The normalized spacial score (nSPS) is 10.5. The van der Waals surface area contributed by atoms with Gasteiger partial charge in [-0.1, -0.05) is 24.3 Å². The smallest absolute Gasteiger partial charge is 0.233 e. The van der Waals surface area contributed by atoms with Crippen LogP contribution in [0.25, 0.3) is 21.8 Å². The van der Waals surface area contributed by atoms with Crippen molar-refractivity contribution in [1.82, 2.24) is 9.97 Å². The van der Waals surface area contributed by atoms with Crippen molar-refractivity contribution < 1.29 is 20.4 Å². The van der Waals surface area contributed by atoms with Crippen molar-refractivity contribution >= 4 is 21.8 Å². The van der Waals surface area contributed by atoms with Gasteiger partial charge in [-0.25, -0.2) is 0 Å². The summed E-state index contributed by atoms with van der Waals surface area (Å²) in [7, 11) is 0. The van der Waals surface area contributed by atoms with E-state index < -0.39 is 0 Å². The van der Waals surface area contributed by atoms with Crippen LogP contribution in [0.15, 0.2) is 48.5 Å². The highest BCUT2D eigenvalue weighted by molar-refractivity contribution is 5.89. The summed E-state index contributed by atoms with van der Waals surface area (Å²) in [5.41, 5.74) is 1.48. The summed E-state index contributed by atoms with van der Waals surface area (Å²) in [6, 6.07) is 14.3. The Balaban J connectivity index is 0.000000131. The van der Waals surface area contributed by atoms with E-state index in [2.05, 4.69) is 9.97 Å². The van der Waals surface area contributed by atoms with Gasteiger partial charge in [0.1, 0.15) is 0 Å². The standard InChI is InChI=1S/2C8H7NO2/c2*10-7-5-3-1-2-4-6(5)9-8(7)11/h2*1-4,9-11H. The minimum atomic E-state index is -0.175. The number of hydrogen-bond donors (Lipinski definition) is 6. The maximum Gasteiger partial charge on any atom is 0.233 e. The second-order valence-electron chi connectivity index (χ2n) is 4.74. The molecule has 0 saturated carbocycles. The first-order valence-corrected chi connectivity index (χ1v) is 6.55. The lowest BCUT2D eigenvalue weighted by atomic mass is 10.2. The minimum absolute atomic E-state index is 0.0828. The van der Waals surface area contributed by atoms with Gasteiger partial charge in [0.2, 0.25) is 11.8 Å². The molecule has 0 amide bonds. The van der Waals surface area contributed by atoms with Crippen molar-refractivity contribution in [3.8, 4) is 23.3 Å². The predicted octanol–water partition coefficient (Wildman–Crippen LogP) is 3.16. The van der Waals surface area contributed by atoms with Gasteiger partial charge in [-0.05, 0) is 24.3 Å². The molecule has 0 atom stereocenters. The first kappa shape index (κ1) is 13.7. The molecular formula is C16H14N2O4. The molecule has 0 aliphatic carbocycles. The van der Waals surface area contributed by atoms with E-state index in [9.17, 15) is 10.2 Å². The van der Waals surface area contributed by atoms with Gasteiger partial charge in [0.05, 0.1) is 11.0 Å². The molecule has 112 valence electrons. The van der Waals surface area contributed by atoms with E-state index >= 15 is 0 Å². The molecule has 2 heterocycles. The van der Waals surface area contributed by atoms with Crippen LogP contribution in [-0.2, 0) is 0 Å². The fraction of sp³-hybridized carbons (Fsp3) is 0. The highest BCUT2D eigenvalue weighted by Crippen LogP contribution is 2.33. The van der Waals surface area contributed by atoms with E-state index in [-0.39, 0.29) is 23.3 Å². The number of para-hydroxylation sites is 2. The van der Waals surface area contributed by atoms with Crippen LogP contribution >= 0.6 is 0 Å². The average molecular weight is 298 g/mol. The molecule has 2 aromatic heterocycles. The summed E-state index contributed by atoms with van der Waals surface area (Å²) in [4.78, 5) is 5.26. The number of hydrogen-bond acceptors (Lipinski definition) is 4.